The zero-order valence-corrected chi connectivity index (χ0v) is 7.51. The van der Waals surface area contributed by atoms with Crippen LogP contribution in [0.25, 0.3) is 0 Å². The van der Waals surface area contributed by atoms with Gasteiger partial charge in [-0.1, -0.05) is 0 Å². The second-order valence-electron chi connectivity index (χ2n) is 3.25. The molecule has 0 aliphatic carbocycles. The van der Waals surface area contributed by atoms with Crippen LogP contribution in [0.3, 0.4) is 0 Å². The van der Waals surface area contributed by atoms with Gasteiger partial charge in [0.05, 0.1) is 0 Å². The van der Waals surface area contributed by atoms with E-state index in [4.69, 9.17) is 4.42 Å². The minimum atomic E-state index is -0.389. The lowest BCUT2D eigenvalue weighted by Crippen LogP contribution is -2.28. The highest BCUT2D eigenvalue weighted by Gasteiger charge is 2.28. The van der Waals surface area contributed by atoms with Crippen LogP contribution in [0.4, 0.5) is 0 Å². The lowest BCUT2D eigenvalue weighted by atomic mass is 10.1. The molecule has 0 aliphatic rings. The fourth-order valence-corrected chi connectivity index (χ4v) is 1.14. The summed E-state index contributed by atoms with van der Waals surface area (Å²) in [5, 5.41) is 11.6. The zero-order chi connectivity index (χ0) is 9.31. The van der Waals surface area contributed by atoms with Crippen LogP contribution in [0, 0.1) is 0 Å². The number of hydrogen-bond acceptors (Lipinski definition) is 4. The van der Waals surface area contributed by atoms with E-state index >= 15 is 0 Å². The second-order valence-corrected chi connectivity index (χ2v) is 3.25. The van der Waals surface area contributed by atoms with Gasteiger partial charge in [0, 0.05) is 12.4 Å². The highest BCUT2D eigenvalue weighted by Crippen LogP contribution is 2.21. The number of aromatic nitrogens is 4. The summed E-state index contributed by atoms with van der Waals surface area (Å²) in [7, 11) is 0. The highest BCUT2D eigenvalue weighted by molar-refractivity contribution is 4.99. The fraction of sp³-hybridized carbons (Fsp3) is 0.375. The predicted molar refractivity (Wildman–Crippen MR) is 44.9 cm³/mol. The minimum absolute atomic E-state index is 0.389. The summed E-state index contributed by atoms with van der Waals surface area (Å²) < 4.78 is 6.92. The molecular formula is C8H10N4O. The minimum Gasteiger partial charge on any atom is -0.425 e. The molecule has 5 heteroatoms. The van der Waals surface area contributed by atoms with E-state index in [9.17, 15) is 0 Å². The first-order valence-corrected chi connectivity index (χ1v) is 3.98. The van der Waals surface area contributed by atoms with Crippen molar-refractivity contribution in [2.75, 3.05) is 0 Å². The molecule has 2 rings (SSSR count). The first-order chi connectivity index (χ1) is 6.21. The van der Waals surface area contributed by atoms with Crippen LogP contribution in [-0.2, 0) is 5.54 Å². The van der Waals surface area contributed by atoms with E-state index in [1.807, 2.05) is 26.1 Å². The van der Waals surface area contributed by atoms with E-state index in [-0.39, 0.29) is 5.54 Å². The van der Waals surface area contributed by atoms with Crippen molar-refractivity contribution in [3.8, 4) is 0 Å². The third-order valence-corrected chi connectivity index (χ3v) is 1.96. The SMILES string of the molecule is CC(C)(c1nnco1)n1cccn1. The molecule has 0 unspecified atom stereocenters. The Kier molecular flexibility index (Phi) is 1.65. The van der Waals surface area contributed by atoms with Gasteiger partial charge >= 0.3 is 0 Å². The third-order valence-electron chi connectivity index (χ3n) is 1.96. The van der Waals surface area contributed by atoms with Gasteiger partial charge in [-0.05, 0) is 19.9 Å². The van der Waals surface area contributed by atoms with Gasteiger partial charge in [0.15, 0.2) is 0 Å². The molecule has 0 atom stereocenters. The van der Waals surface area contributed by atoms with Crippen molar-refractivity contribution in [2.24, 2.45) is 0 Å². The fourth-order valence-electron chi connectivity index (χ4n) is 1.14. The quantitative estimate of drug-likeness (QED) is 0.689. The molecule has 0 bridgehead atoms. The number of nitrogens with zero attached hydrogens (tertiary/aromatic N) is 4. The number of rotatable bonds is 2. The molecule has 0 fully saturated rings. The Labute approximate surface area is 75.4 Å². The topological polar surface area (TPSA) is 56.7 Å². The van der Waals surface area contributed by atoms with E-state index in [1.54, 1.807) is 10.9 Å². The number of hydrogen-bond donors (Lipinski definition) is 0. The molecular weight excluding hydrogens is 168 g/mol. The molecule has 0 saturated heterocycles. The molecule has 2 aromatic heterocycles. The monoisotopic (exact) mass is 178 g/mol. The Hall–Kier alpha value is -1.65. The summed E-state index contributed by atoms with van der Waals surface area (Å²) in [6.07, 6.45) is 4.91. The Morgan fingerprint density at radius 3 is 2.85 bits per heavy atom. The third kappa shape index (κ3) is 1.22. The first-order valence-electron chi connectivity index (χ1n) is 3.98. The molecule has 2 heterocycles. The zero-order valence-electron chi connectivity index (χ0n) is 7.51. The maximum atomic E-state index is 5.14. The van der Waals surface area contributed by atoms with Crippen LogP contribution in [-0.4, -0.2) is 20.0 Å². The van der Waals surface area contributed by atoms with Crippen LogP contribution in [0.15, 0.2) is 29.3 Å². The molecule has 0 spiro atoms. The van der Waals surface area contributed by atoms with Gasteiger partial charge < -0.3 is 4.42 Å². The standard InChI is InChI=1S/C8H10N4O/c1-8(2,7-11-9-6-13-7)12-5-3-4-10-12/h3-6H,1-2H3. The van der Waals surface area contributed by atoms with Crippen molar-refractivity contribution in [1.29, 1.82) is 0 Å². The Balaban J connectivity index is 2.42. The van der Waals surface area contributed by atoms with Crippen molar-refractivity contribution in [3.63, 3.8) is 0 Å². The van der Waals surface area contributed by atoms with Gasteiger partial charge in [-0.15, -0.1) is 10.2 Å². The smallest absolute Gasteiger partial charge is 0.243 e. The van der Waals surface area contributed by atoms with Gasteiger partial charge in [-0.25, -0.2) is 0 Å². The molecule has 0 radical (unpaired) electrons. The van der Waals surface area contributed by atoms with Gasteiger partial charge in [0.1, 0.15) is 5.54 Å². The summed E-state index contributed by atoms with van der Waals surface area (Å²) in [5.41, 5.74) is -0.389. The van der Waals surface area contributed by atoms with E-state index in [2.05, 4.69) is 15.3 Å². The van der Waals surface area contributed by atoms with Crippen molar-refractivity contribution < 1.29 is 4.42 Å². The average molecular weight is 178 g/mol. The highest BCUT2D eigenvalue weighted by atomic mass is 16.4. The van der Waals surface area contributed by atoms with Crippen molar-refractivity contribution >= 4 is 0 Å². The largest absolute Gasteiger partial charge is 0.425 e. The van der Waals surface area contributed by atoms with Crippen molar-refractivity contribution in [2.45, 2.75) is 19.4 Å². The van der Waals surface area contributed by atoms with Crippen molar-refractivity contribution in [3.05, 3.63) is 30.7 Å². The molecule has 0 aromatic carbocycles. The van der Waals surface area contributed by atoms with Crippen LogP contribution in [0.2, 0.25) is 0 Å². The van der Waals surface area contributed by atoms with E-state index in [1.165, 1.54) is 6.39 Å². The molecule has 2 aromatic rings. The molecule has 0 aliphatic heterocycles. The van der Waals surface area contributed by atoms with Gasteiger partial charge in [0.25, 0.3) is 0 Å². The lowest BCUT2D eigenvalue weighted by molar-refractivity contribution is 0.298. The molecule has 0 saturated carbocycles. The summed E-state index contributed by atoms with van der Waals surface area (Å²) in [4.78, 5) is 0. The van der Waals surface area contributed by atoms with Gasteiger partial charge in [-0.3, -0.25) is 4.68 Å². The Bertz CT molecular complexity index is 327. The summed E-state index contributed by atoms with van der Waals surface area (Å²) in [5.74, 6) is 0.552. The molecule has 0 amide bonds. The maximum Gasteiger partial charge on any atom is 0.243 e. The Morgan fingerprint density at radius 1 is 1.46 bits per heavy atom. The molecule has 0 N–H and O–H groups in total. The summed E-state index contributed by atoms with van der Waals surface area (Å²) >= 11 is 0. The molecule has 5 nitrogen and oxygen atoms in total. The van der Waals surface area contributed by atoms with Crippen molar-refractivity contribution in [1.82, 2.24) is 20.0 Å². The van der Waals surface area contributed by atoms with Gasteiger partial charge in [0.2, 0.25) is 12.3 Å². The normalized spacial score (nSPS) is 11.8. The predicted octanol–water partition coefficient (Wildman–Crippen LogP) is 1.05. The second kappa shape index (κ2) is 2.69. The lowest BCUT2D eigenvalue weighted by Gasteiger charge is -2.20. The average Bonchev–Trinajstić information content (AvgIpc) is 2.78. The van der Waals surface area contributed by atoms with E-state index < -0.39 is 0 Å². The molecule has 13 heavy (non-hydrogen) atoms. The van der Waals surface area contributed by atoms with E-state index in [0.717, 1.165) is 0 Å². The molecule has 68 valence electrons. The van der Waals surface area contributed by atoms with Crippen LogP contribution >= 0.6 is 0 Å². The Morgan fingerprint density at radius 2 is 2.31 bits per heavy atom. The summed E-state index contributed by atoms with van der Waals surface area (Å²) in [6, 6.07) is 1.86. The van der Waals surface area contributed by atoms with Crippen LogP contribution < -0.4 is 0 Å². The van der Waals surface area contributed by atoms with Crippen LogP contribution in [0.5, 0.6) is 0 Å². The first kappa shape index (κ1) is 7.97. The summed E-state index contributed by atoms with van der Waals surface area (Å²) in [6.45, 7) is 3.93. The maximum absolute atomic E-state index is 5.14. The van der Waals surface area contributed by atoms with Crippen LogP contribution in [0.1, 0.15) is 19.7 Å². The van der Waals surface area contributed by atoms with E-state index in [0.29, 0.717) is 5.89 Å². The van der Waals surface area contributed by atoms with Gasteiger partial charge in [-0.2, -0.15) is 5.10 Å².